The Morgan fingerprint density at radius 1 is 1.48 bits per heavy atom. The highest BCUT2D eigenvalue weighted by atomic mass is 32.2. The van der Waals surface area contributed by atoms with Gasteiger partial charge in [-0.1, -0.05) is 19.8 Å². The standard InChI is InChI=1S/C14H19NO5S/c1-2-3-4-12(14(16)17)15-21(18,19)11-5-6-13-10(9-11)7-8-20-13/h5-6,9,12,15H,2-4,7-8H2,1H3,(H,16,17). The minimum absolute atomic E-state index is 0.0782. The molecular formula is C14H19NO5S. The zero-order chi connectivity index (χ0) is 15.5. The third kappa shape index (κ3) is 3.74. The molecule has 1 aliphatic heterocycles. The monoisotopic (exact) mass is 313 g/mol. The van der Waals surface area contributed by atoms with E-state index in [4.69, 9.17) is 9.84 Å². The van der Waals surface area contributed by atoms with E-state index in [1.165, 1.54) is 6.07 Å². The highest BCUT2D eigenvalue weighted by Gasteiger charge is 2.26. The van der Waals surface area contributed by atoms with E-state index >= 15 is 0 Å². The number of carboxylic acids is 1. The first-order valence-corrected chi connectivity index (χ1v) is 8.43. The van der Waals surface area contributed by atoms with Gasteiger partial charge in [0, 0.05) is 6.42 Å². The summed E-state index contributed by atoms with van der Waals surface area (Å²) >= 11 is 0. The topological polar surface area (TPSA) is 92.7 Å². The van der Waals surface area contributed by atoms with Crippen molar-refractivity contribution in [3.63, 3.8) is 0 Å². The van der Waals surface area contributed by atoms with Crippen molar-refractivity contribution in [1.29, 1.82) is 0 Å². The Hall–Kier alpha value is -1.60. The highest BCUT2D eigenvalue weighted by Crippen LogP contribution is 2.27. The fraction of sp³-hybridized carbons (Fsp3) is 0.500. The zero-order valence-corrected chi connectivity index (χ0v) is 12.6. The van der Waals surface area contributed by atoms with Crippen LogP contribution >= 0.6 is 0 Å². The second-order valence-electron chi connectivity index (χ2n) is 5.02. The van der Waals surface area contributed by atoms with Gasteiger partial charge in [-0.2, -0.15) is 4.72 Å². The van der Waals surface area contributed by atoms with Crippen molar-refractivity contribution in [2.45, 2.75) is 43.5 Å². The molecule has 2 rings (SSSR count). The predicted molar refractivity (Wildman–Crippen MR) is 76.9 cm³/mol. The zero-order valence-electron chi connectivity index (χ0n) is 11.8. The summed E-state index contributed by atoms with van der Waals surface area (Å²) in [7, 11) is -3.84. The molecule has 0 saturated heterocycles. The number of nitrogens with one attached hydrogen (secondary N) is 1. The molecule has 0 spiro atoms. The van der Waals surface area contributed by atoms with Gasteiger partial charge in [-0.05, 0) is 30.2 Å². The summed E-state index contributed by atoms with van der Waals surface area (Å²) < 4.78 is 32.2. The van der Waals surface area contributed by atoms with Crippen LogP contribution in [-0.4, -0.2) is 32.1 Å². The lowest BCUT2D eigenvalue weighted by atomic mass is 10.1. The van der Waals surface area contributed by atoms with E-state index < -0.39 is 22.0 Å². The van der Waals surface area contributed by atoms with Gasteiger partial charge in [0.05, 0.1) is 11.5 Å². The average molecular weight is 313 g/mol. The Morgan fingerprint density at radius 3 is 2.90 bits per heavy atom. The van der Waals surface area contributed by atoms with Gasteiger partial charge in [0.1, 0.15) is 11.8 Å². The number of ether oxygens (including phenoxy) is 1. The third-order valence-electron chi connectivity index (χ3n) is 3.41. The molecular weight excluding hydrogens is 294 g/mol. The first-order chi connectivity index (χ1) is 9.94. The van der Waals surface area contributed by atoms with Crippen molar-refractivity contribution in [3.05, 3.63) is 23.8 Å². The molecule has 0 aliphatic carbocycles. The second-order valence-corrected chi connectivity index (χ2v) is 6.74. The summed E-state index contributed by atoms with van der Waals surface area (Å²) in [6.45, 7) is 2.47. The first-order valence-electron chi connectivity index (χ1n) is 6.95. The van der Waals surface area contributed by atoms with Crippen molar-refractivity contribution in [3.8, 4) is 5.75 Å². The number of sulfonamides is 1. The Balaban J connectivity index is 2.18. The first kappa shape index (κ1) is 15.8. The molecule has 1 aromatic carbocycles. The van der Waals surface area contributed by atoms with Gasteiger partial charge in [-0.15, -0.1) is 0 Å². The van der Waals surface area contributed by atoms with Gasteiger partial charge in [-0.3, -0.25) is 4.79 Å². The maximum atomic E-state index is 12.3. The van der Waals surface area contributed by atoms with Gasteiger partial charge in [0.2, 0.25) is 10.0 Å². The maximum absolute atomic E-state index is 12.3. The number of hydrogen-bond donors (Lipinski definition) is 2. The Bertz CT molecular complexity index is 626. The molecule has 1 aliphatic rings. The number of carbonyl (C=O) groups is 1. The van der Waals surface area contributed by atoms with E-state index in [-0.39, 0.29) is 11.3 Å². The lowest BCUT2D eigenvalue weighted by Gasteiger charge is -2.14. The molecule has 1 heterocycles. The van der Waals surface area contributed by atoms with Crippen molar-refractivity contribution in [1.82, 2.24) is 4.72 Å². The number of fused-ring (bicyclic) bond motifs is 1. The molecule has 0 aromatic heterocycles. The highest BCUT2D eigenvalue weighted by molar-refractivity contribution is 7.89. The van der Waals surface area contributed by atoms with Crippen LogP contribution in [0.5, 0.6) is 5.75 Å². The molecule has 7 heteroatoms. The smallest absolute Gasteiger partial charge is 0.321 e. The van der Waals surface area contributed by atoms with E-state index in [2.05, 4.69) is 4.72 Å². The normalized spacial score (nSPS) is 15.3. The van der Waals surface area contributed by atoms with Crippen LogP contribution in [-0.2, 0) is 21.2 Å². The summed E-state index contributed by atoms with van der Waals surface area (Å²) in [5.41, 5.74) is 0.832. The van der Waals surface area contributed by atoms with Crippen LogP contribution in [0.25, 0.3) is 0 Å². The van der Waals surface area contributed by atoms with Crippen LogP contribution in [0.4, 0.5) is 0 Å². The fourth-order valence-electron chi connectivity index (χ4n) is 2.23. The van der Waals surface area contributed by atoms with Crippen LogP contribution in [0, 0.1) is 0 Å². The number of benzene rings is 1. The number of rotatable bonds is 7. The van der Waals surface area contributed by atoms with Gasteiger partial charge >= 0.3 is 5.97 Å². The number of aliphatic carboxylic acids is 1. The van der Waals surface area contributed by atoms with E-state index in [1.807, 2.05) is 6.92 Å². The molecule has 1 aromatic rings. The van der Waals surface area contributed by atoms with Crippen molar-refractivity contribution < 1.29 is 23.1 Å². The quantitative estimate of drug-likeness (QED) is 0.796. The molecule has 0 amide bonds. The molecule has 6 nitrogen and oxygen atoms in total. The van der Waals surface area contributed by atoms with E-state index in [0.717, 1.165) is 12.0 Å². The van der Waals surface area contributed by atoms with Gasteiger partial charge in [-0.25, -0.2) is 8.42 Å². The Kier molecular flexibility index (Phi) is 4.84. The average Bonchev–Trinajstić information content (AvgIpc) is 2.90. The predicted octanol–water partition coefficient (Wildman–Crippen LogP) is 1.54. The number of carboxylic acid groups (broad SMARTS) is 1. The summed E-state index contributed by atoms with van der Waals surface area (Å²) in [5.74, 6) is -0.466. The van der Waals surface area contributed by atoms with Crippen molar-refractivity contribution in [2.75, 3.05) is 6.61 Å². The van der Waals surface area contributed by atoms with E-state index in [1.54, 1.807) is 12.1 Å². The van der Waals surface area contributed by atoms with Crippen molar-refractivity contribution >= 4 is 16.0 Å². The molecule has 2 N–H and O–H groups in total. The van der Waals surface area contributed by atoms with Gasteiger partial charge in [0.15, 0.2) is 0 Å². The van der Waals surface area contributed by atoms with Crippen LogP contribution in [0.1, 0.15) is 31.7 Å². The van der Waals surface area contributed by atoms with Crippen LogP contribution in [0.15, 0.2) is 23.1 Å². The fourth-order valence-corrected chi connectivity index (χ4v) is 3.50. The third-order valence-corrected chi connectivity index (χ3v) is 4.88. The molecule has 0 radical (unpaired) electrons. The largest absolute Gasteiger partial charge is 0.493 e. The van der Waals surface area contributed by atoms with Crippen LogP contribution in [0.2, 0.25) is 0 Å². The molecule has 1 unspecified atom stereocenters. The summed E-state index contributed by atoms with van der Waals surface area (Å²) in [6.07, 6.45) is 2.40. The summed E-state index contributed by atoms with van der Waals surface area (Å²) in [5, 5.41) is 9.12. The summed E-state index contributed by atoms with van der Waals surface area (Å²) in [4.78, 5) is 11.2. The lowest BCUT2D eigenvalue weighted by molar-refractivity contribution is -0.139. The minimum Gasteiger partial charge on any atom is -0.493 e. The van der Waals surface area contributed by atoms with Crippen LogP contribution in [0.3, 0.4) is 0 Å². The maximum Gasteiger partial charge on any atom is 0.321 e. The molecule has 0 saturated carbocycles. The Morgan fingerprint density at radius 2 is 2.24 bits per heavy atom. The number of hydrogen-bond acceptors (Lipinski definition) is 4. The summed E-state index contributed by atoms with van der Waals surface area (Å²) in [6, 6.07) is 3.49. The Labute approximate surface area is 124 Å². The molecule has 116 valence electrons. The van der Waals surface area contributed by atoms with Crippen molar-refractivity contribution in [2.24, 2.45) is 0 Å². The SMILES string of the molecule is CCCCC(NS(=O)(=O)c1ccc2c(c1)CCO2)C(=O)O. The molecule has 0 fully saturated rings. The molecule has 21 heavy (non-hydrogen) atoms. The van der Waals surface area contributed by atoms with Gasteiger partial charge in [0.25, 0.3) is 0 Å². The van der Waals surface area contributed by atoms with Gasteiger partial charge < -0.3 is 9.84 Å². The van der Waals surface area contributed by atoms with Crippen LogP contribution < -0.4 is 9.46 Å². The molecule has 1 atom stereocenters. The number of unbranched alkanes of at least 4 members (excludes halogenated alkanes) is 1. The molecule has 0 bridgehead atoms. The van der Waals surface area contributed by atoms with E-state index in [0.29, 0.717) is 25.2 Å². The second kappa shape index (κ2) is 6.44. The minimum atomic E-state index is -3.84. The lowest BCUT2D eigenvalue weighted by Crippen LogP contribution is -2.40. The van der Waals surface area contributed by atoms with E-state index in [9.17, 15) is 13.2 Å².